The van der Waals surface area contributed by atoms with Crippen LogP contribution in [0.25, 0.3) is 0 Å². The van der Waals surface area contributed by atoms with Crippen molar-refractivity contribution in [2.24, 2.45) is 0 Å². The monoisotopic (exact) mass is 324 g/mol. The highest BCUT2D eigenvalue weighted by Crippen LogP contribution is 2.36. The van der Waals surface area contributed by atoms with Crippen LogP contribution in [0.3, 0.4) is 0 Å². The van der Waals surface area contributed by atoms with Crippen molar-refractivity contribution in [1.29, 1.82) is 5.26 Å². The van der Waals surface area contributed by atoms with Crippen molar-refractivity contribution in [3.63, 3.8) is 0 Å². The van der Waals surface area contributed by atoms with E-state index in [9.17, 15) is 22.4 Å². The van der Waals surface area contributed by atoms with Crippen LogP contribution in [0.1, 0.15) is 22.2 Å². The standard InChI is InChI=1S/C11H12F4N4OS/c1-2-18-8(20)7-6(17)5(3-16)9(21-7)19-4-11(14,15)10(12)13/h10,19H,2,4,17H2,1H3,(H,18,20). The molecule has 0 saturated heterocycles. The predicted octanol–water partition coefficient (Wildman–Crippen LogP) is 2.26. The van der Waals surface area contributed by atoms with Gasteiger partial charge >= 0.3 is 12.3 Å². The molecule has 1 aromatic heterocycles. The Kier molecular flexibility index (Phi) is 5.37. The number of nitrogens with one attached hydrogen (secondary N) is 2. The second-order valence-electron chi connectivity index (χ2n) is 3.94. The number of rotatable bonds is 6. The van der Waals surface area contributed by atoms with Gasteiger partial charge in [0.1, 0.15) is 21.5 Å². The molecule has 0 fully saturated rings. The summed E-state index contributed by atoms with van der Waals surface area (Å²) in [4.78, 5) is 11.6. The summed E-state index contributed by atoms with van der Waals surface area (Å²) in [6.45, 7) is 0.605. The minimum Gasteiger partial charge on any atom is -0.396 e. The van der Waals surface area contributed by atoms with E-state index in [1.165, 1.54) is 0 Å². The van der Waals surface area contributed by atoms with E-state index in [0.29, 0.717) is 17.9 Å². The highest BCUT2D eigenvalue weighted by molar-refractivity contribution is 7.18. The van der Waals surface area contributed by atoms with Gasteiger partial charge in [-0.2, -0.15) is 14.0 Å². The lowest BCUT2D eigenvalue weighted by atomic mass is 10.2. The first-order chi connectivity index (χ1) is 9.74. The summed E-state index contributed by atoms with van der Waals surface area (Å²) in [5.41, 5.74) is 5.21. The Morgan fingerprint density at radius 2 is 2.14 bits per heavy atom. The van der Waals surface area contributed by atoms with Crippen molar-refractivity contribution in [2.75, 3.05) is 24.1 Å². The second kappa shape index (κ2) is 6.62. The zero-order chi connectivity index (χ0) is 16.2. The number of hydrogen-bond donors (Lipinski definition) is 3. The third-order valence-electron chi connectivity index (χ3n) is 2.40. The quantitative estimate of drug-likeness (QED) is 0.700. The minimum atomic E-state index is -4.25. The molecular weight excluding hydrogens is 312 g/mol. The predicted molar refractivity (Wildman–Crippen MR) is 70.9 cm³/mol. The van der Waals surface area contributed by atoms with Crippen LogP contribution in [0.4, 0.5) is 28.3 Å². The smallest absolute Gasteiger partial charge is 0.324 e. The minimum absolute atomic E-state index is 0.0312. The summed E-state index contributed by atoms with van der Waals surface area (Å²) in [5.74, 6) is -4.82. The Morgan fingerprint density at radius 1 is 1.52 bits per heavy atom. The van der Waals surface area contributed by atoms with E-state index < -0.39 is 24.8 Å². The van der Waals surface area contributed by atoms with Crippen LogP contribution in [0.15, 0.2) is 0 Å². The fourth-order valence-electron chi connectivity index (χ4n) is 1.36. The number of nitrogen functional groups attached to an aromatic ring is 1. The summed E-state index contributed by atoms with van der Waals surface area (Å²) >= 11 is 0.662. The highest BCUT2D eigenvalue weighted by Gasteiger charge is 2.40. The number of alkyl halides is 4. The normalized spacial score (nSPS) is 11.3. The topological polar surface area (TPSA) is 90.9 Å². The van der Waals surface area contributed by atoms with Gasteiger partial charge in [0, 0.05) is 6.54 Å². The number of amides is 1. The van der Waals surface area contributed by atoms with E-state index in [1.807, 2.05) is 0 Å². The lowest BCUT2D eigenvalue weighted by Crippen LogP contribution is -2.34. The Labute approximate surface area is 121 Å². The first-order valence-electron chi connectivity index (χ1n) is 5.75. The Hall–Kier alpha value is -2.02. The molecule has 1 amide bonds. The molecule has 0 atom stereocenters. The molecule has 0 spiro atoms. The maximum absolute atomic E-state index is 12.9. The molecule has 1 heterocycles. The largest absolute Gasteiger partial charge is 0.396 e. The van der Waals surface area contributed by atoms with Gasteiger partial charge in [0.2, 0.25) is 0 Å². The van der Waals surface area contributed by atoms with Gasteiger partial charge in [0.05, 0.1) is 12.2 Å². The van der Waals surface area contributed by atoms with E-state index in [2.05, 4.69) is 10.6 Å². The molecule has 0 bridgehead atoms. The van der Waals surface area contributed by atoms with Crippen LogP contribution in [-0.4, -0.2) is 31.3 Å². The van der Waals surface area contributed by atoms with E-state index in [0.717, 1.165) is 0 Å². The van der Waals surface area contributed by atoms with Gasteiger partial charge in [-0.25, -0.2) is 8.78 Å². The van der Waals surface area contributed by atoms with Crippen LogP contribution in [-0.2, 0) is 0 Å². The molecule has 116 valence electrons. The number of anilines is 2. The molecule has 0 aliphatic rings. The number of halogens is 4. The molecule has 4 N–H and O–H groups in total. The van der Waals surface area contributed by atoms with Crippen LogP contribution in [0.5, 0.6) is 0 Å². The van der Waals surface area contributed by atoms with Gasteiger partial charge < -0.3 is 16.4 Å². The lowest BCUT2D eigenvalue weighted by Gasteiger charge is -2.15. The van der Waals surface area contributed by atoms with Gasteiger partial charge in [-0.1, -0.05) is 0 Å². The number of nitriles is 1. The molecular formula is C11H12F4N4OS. The second-order valence-corrected chi connectivity index (χ2v) is 4.96. The molecule has 0 unspecified atom stereocenters. The third-order valence-corrected chi connectivity index (χ3v) is 3.57. The van der Waals surface area contributed by atoms with Crippen molar-refractivity contribution in [2.45, 2.75) is 19.3 Å². The Morgan fingerprint density at radius 3 is 2.62 bits per heavy atom. The van der Waals surface area contributed by atoms with Crippen molar-refractivity contribution in [3.8, 4) is 6.07 Å². The van der Waals surface area contributed by atoms with Gasteiger partial charge in [-0.15, -0.1) is 11.3 Å². The zero-order valence-corrected chi connectivity index (χ0v) is 11.7. The first-order valence-corrected chi connectivity index (χ1v) is 6.56. The molecule has 0 aliphatic carbocycles. The van der Waals surface area contributed by atoms with Crippen molar-refractivity contribution in [3.05, 3.63) is 10.4 Å². The summed E-state index contributed by atoms with van der Waals surface area (Å²) in [7, 11) is 0. The molecule has 0 aromatic carbocycles. The lowest BCUT2D eigenvalue weighted by molar-refractivity contribution is -0.117. The summed E-state index contributed by atoms with van der Waals surface area (Å²) in [6, 6.07) is 1.66. The molecule has 0 radical (unpaired) electrons. The average molecular weight is 324 g/mol. The summed E-state index contributed by atoms with van der Waals surface area (Å²) in [5, 5.41) is 13.3. The van der Waals surface area contributed by atoms with Gasteiger partial charge in [0.15, 0.2) is 0 Å². The summed E-state index contributed by atoms with van der Waals surface area (Å²) < 4.78 is 49.8. The number of thiophene rings is 1. The maximum atomic E-state index is 12.9. The SMILES string of the molecule is CCNC(=O)c1sc(NCC(F)(F)C(F)F)c(C#N)c1N. The van der Waals surface area contributed by atoms with E-state index in [-0.39, 0.29) is 21.1 Å². The number of carbonyl (C=O) groups is 1. The number of nitrogens with zero attached hydrogens (tertiary/aromatic N) is 1. The maximum Gasteiger partial charge on any atom is 0.324 e. The highest BCUT2D eigenvalue weighted by atomic mass is 32.1. The van der Waals surface area contributed by atoms with Crippen LogP contribution >= 0.6 is 11.3 Å². The Bertz CT molecular complexity index is 567. The van der Waals surface area contributed by atoms with Crippen LogP contribution in [0, 0.1) is 11.3 Å². The van der Waals surface area contributed by atoms with Crippen molar-refractivity contribution in [1.82, 2.24) is 5.32 Å². The van der Waals surface area contributed by atoms with Crippen molar-refractivity contribution >= 4 is 27.9 Å². The van der Waals surface area contributed by atoms with E-state index >= 15 is 0 Å². The number of nitrogens with two attached hydrogens (primary N) is 1. The molecule has 1 aromatic rings. The molecule has 1 rings (SSSR count). The number of carbonyl (C=O) groups excluding carboxylic acids is 1. The van der Waals surface area contributed by atoms with E-state index in [1.54, 1.807) is 13.0 Å². The average Bonchev–Trinajstić information content (AvgIpc) is 2.73. The van der Waals surface area contributed by atoms with Gasteiger partial charge in [-0.3, -0.25) is 4.79 Å². The fourth-order valence-corrected chi connectivity index (χ4v) is 2.35. The summed E-state index contributed by atoms with van der Waals surface area (Å²) in [6.07, 6.45) is -3.84. The zero-order valence-electron chi connectivity index (χ0n) is 10.8. The van der Waals surface area contributed by atoms with Crippen molar-refractivity contribution < 1.29 is 22.4 Å². The molecule has 10 heteroatoms. The van der Waals surface area contributed by atoms with Crippen LogP contribution in [0.2, 0.25) is 0 Å². The molecule has 0 aliphatic heterocycles. The first kappa shape index (κ1) is 17.0. The molecule has 0 saturated carbocycles. The van der Waals surface area contributed by atoms with Gasteiger partial charge in [-0.05, 0) is 6.92 Å². The fraction of sp³-hybridized carbons (Fsp3) is 0.455. The number of hydrogen-bond acceptors (Lipinski definition) is 5. The Balaban J connectivity index is 3.01. The van der Waals surface area contributed by atoms with Gasteiger partial charge in [0.25, 0.3) is 5.91 Å². The van der Waals surface area contributed by atoms with Crippen LogP contribution < -0.4 is 16.4 Å². The molecule has 21 heavy (non-hydrogen) atoms. The third kappa shape index (κ3) is 3.75. The molecule has 5 nitrogen and oxygen atoms in total. The van der Waals surface area contributed by atoms with E-state index in [4.69, 9.17) is 11.0 Å².